The van der Waals surface area contributed by atoms with E-state index < -0.39 is 0 Å². The molecule has 2 aromatic rings. The first kappa shape index (κ1) is 14.8. The predicted octanol–water partition coefficient (Wildman–Crippen LogP) is 3.06. The first-order valence-electron chi connectivity index (χ1n) is 7.01. The van der Waals surface area contributed by atoms with E-state index in [9.17, 15) is 0 Å². The third kappa shape index (κ3) is 3.07. The van der Waals surface area contributed by atoms with Crippen molar-refractivity contribution in [1.29, 1.82) is 0 Å². The molecular weight excluding hydrogens is 354 g/mol. The first-order valence-corrected chi connectivity index (χ1v) is 8.18. The molecule has 1 aromatic carbocycles. The molecule has 0 aliphatic carbocycles. The zero-order valence-corrected chi connectivity index (χ0v) is 13.9. The summed E-state index contributed by atoms with van der Waals surface area (Å²) in [6, 6.07) is 5.76. The molecule has 1 unspecified atom stereocenters. The van der Waals surface area contributed by atoms with Gasteiger partial charge in [-0.2, -0.15) is 4.98 Å². The maximum absolute atomic E-state index is 6.30. The molecule has 1 aliphatic rings. The van der Waals surface area contributed by atoms with Gasteiger partial charge >= 0.3 is 0 Å². The zero-order chi connectivity index (χ0) is 14.8. The van der Waals surface area contributed by atoms with Crippen LogP contribution in [-0.2, 0) is 0 Å². The third-order valence-corrected chi connectivity index (χ3v) is 5.11. The molecule has 0 bridgehead atoms. The van der Waals surface area contributed by atoms with Crippen molar-refractivity contribution in [2.45, 2.75) is 12.8 Å². The number of aromatic amines is 1. The number of halogens is 2. The smallest absolute Gasteiger partial charge is 0.245 e. The molecular formula is C14H17BrClN5. The maximum Gasteiger partial charge on any atom is 0.245 e. The van der Waals surface area contributed by atoms with Crippen molar-refractivity contribution in [2.24, 2.45) is 11.7 Å². The minimum absolute atomic E-state index is 0.523. The zero-order valence-electron chi connectivity index (χ0n) is 11.5. The highest BCUT2D eigenvalue weighted by Crippen LogP contribution is 2.32. The van der Waals surface area contributed by atoms with Gasteiger partial charge in [0, 0.05) is 23.1 Å². The van der Waals surface area contributed by atoms with E-state index in [1.54, 1.807) is 0 Å². The van der Waals surface area contributed by atoms with Gasteiger partial charge in [0.2, 0.25) is 5.95 Å². The van der Waals surface area contributed by atoms with Gasteiger partial charge in [-0.15, -0.1) is 5.10 Å². The van der Waals surface area contributed by atoms with Crippen LogP contribution in [-0.4, -0.2) is 34.8 Å². The summed E-state index contributed by atoms with van der Waals surface area (Å²) in [5.41, 5.74) is 6.62. The Kier molecular flexibility index (Phi) is 4.47. The molecule has 3 rings (SSSR count). The first-order chi connectivity index (χ1) is 10.2. The third-order valence-electron chi connectivity index (χ3n) is 3.82. The maximum atomic E-state index is 6.30. The van der Waals surface area contributed by atoms with E-state index in [2.05, 4.69) is 36.0 Å². The molecule has 0 amide bonds. The highest BCUT2D eigenvalue weighted by Gasteiger charge is 2.22. The monoisotopic (exact) mass is 369 g/mol. The van der Waals surface area contributed by atoms with Crippen LogP contribution in [0, 0.1) is 5.92 Å². The molecule has 1 aliphatic heterocycles. The lowest BCUT2D eigenvalue weighted by molar-refractivity contribution is 0.420. The fourth-order valence-electron chi connectivity index (χ4n) is 2.64. The number of hydrogen-bond acceptors (Lipinski definition) is 4. The number of rotatable bonds is 3. The number of anilines is 1. The van der Waals surface area contributed by atoms with E-state index in [1.165, 1.54) is 6.42 Å². The van der Waals surface area contributed by atoms with E-state index in [1.807, 2.05) is 18.2 Å². The Labute approximate surface area is 137 Å². The fourth-order valence-corrected chi connectivity index (χ4v) is 3.22. The lowest BCUT2D eigenvalue weighted by Crippen LogP contribution is -2.38. The second-order valence-corrected chi connectivity index (χ2v) is 6.51. The Morgan fingerprint density at radius 3 is 3.14 bits per heavy atom. The van der Waals surface area contributed by atoms with Gasteiger partial charge in [0.25, 0.3) is 0 Å². The van der Waals surface area contributed by atoms with E-state index in [4.69, 9.17) is 17.3 Å². The number of piperidine rings is 1. The Hall–Kier alpha value is -1.11. The van der Waals surface area contributed by atoms with E-state index in [0.29, 0.717) is 23.3 Å². The number of nitrogens with two attached hydrogens (primary N) is 1. The van der Waals surface area contributed by atoms with Crippen LogP contribution in [0.4, 0.5) is 5.95 Å². The fraction of sp³-hybridized carbons (Fsp3) is 0.429. The van der Waals surface area contributed by atoms with Crippen molar-refractivity contribution in [3.05, 3.63) is 27.7 Å². The minimum Gasteiger partial charge on any atom is -0.339 e. The van der Waals surface area contributed by atoms with Crippen LogP contribution in [0.2, 0.25) is 5.02 Å². The Morgan fingerprint density at radius 1 is 1.48 bits per heavy atom. The van der Waals surface area contributed by atoms with Gasteiger partial charge in [-0.05, 0) is 53.4 Å². The summed E-state index contributed by atoms with van der Waals surface area (Å²) in [7, 11) is 0. The van der Waals surface area contributed by atoms with Crippen molar-refractivity contribution in [3.63, 3.8) is 0 Å². The van der Waals surface area contributed by atoms with Gasteiger partial charge in [-0.1, -0.05) is 17.7 Å². The van der Waals surface area contributed by atoms with Gasteiger partial charge in [0.15, 0.2) is 5.82 Å². The number of aromatic nitrogens is 3. The quantitative estimate of drug-likeness (QED) is 0.871. The van der Waals surface area contributed by atoms with Crippen molar-refractivity contribution < 1.29 is 0 Å². The number of nitrogens with zero attached hydrogens (tertiary/aromatic N) is 3. The van der Waals surface area contributed by atoms with Gasteiger partial charge in [-0.25, -0.2) is 0 Å². The van der Waals surface area contributed by atoms with Gasteiger partial charge in [-0.3, -0.25) is 5.10 Å². The van der Waals surface area contributed by atoms with Crippen LogP contribution >= 0.6 is 27.5 Å². The summed E-state index contributed by atoms with van der Waals surface area (Å²) in [5, 5.41) is 7.95. The summed E-state index contributed by atoms with van der Waals surface area (Å²) in [6.07, 6.45) is 2.31. The molecule has 0 radical (unpaired) electrons. The number of H-pyrrole nitrogens is 1. The standard InChI is InChI=1S/C14H17BrClN5/c15-11-5-1-4-10(12(11)16)13-18-14(20-19-13)21-6-2-3-9(7-17)8-21/h1,4-5,9H,2-3,6-8,17H2,(H,18,19,20). The Balaban J connectivity index is 1.85. The number of hydrogen-bond donors (Lipinski definition) is 2. The molecule has 21 heavy (non-hydrogen) atoms. The SMILES string of the molecule is NCC1CCCN(c2n[nH]c(-c3cccc(Br)c3Cl)n2)C1. The van der Waals surface area contributed by atoms with Crippen molar-refractivity contribution in [1.82, 2.24) is 15.2 Å². The second-order valence-electron chi connectivity index (χ2n) is 5.28. The second kappa shape index (κ2) is 6.34. The molecule has 0 saturated carbocycles. The van der Waals surface area contributed by atoms with E-state index >= 15 is 0 Å². The topological polar surface area (TPSA) is 70.8 Å². The Morgan fingerprint density at radius 2 is 2.33 bits per heavy atom. The van der Waals surface area contributed by atoms with Gasteiger partial charge < -0.3 is 10.6 Å². The summed E-state index contributed by atoms with van der Waals surface area (Å²) >= 11 is 9.73. The summed E-state index contributed by atoms with van der Waals surface area (Å²) in [4.78, 5) is 6.78. The van der Waals surface area contributed by atoms with E-state index in [0.717, 1.165) is 35.5 Å². The van der Waals surface area contributed by atoms with Crippen molar-refractivity contribution in [3.8, 4) is 11.4 Å². The summed E-state index contributed by atoms with van der Waals surface area (Å²) in [6.45, 7) is 2.60. The Bertz CT molecular complexity index is 630. The van der Waals surface area contributed by atoms with Crippen LogP contribution < -0.4 is 10.6 Å². The molecule has 1 aromatic heterocycles. The molecule has 0 spiro atoms. The van der Waals surface area contributed by atoms with Crippen molar-refractivity contribution in [2.75, 3.05) is 24.5 Å². The average Bonchev–Trinajstić information content (AvgIpc) is 3.00. The van der Waals surface area contributed by atoms with Gasteiger partial charge in [0.05, 0.1) is 5.02 Å². The normalized spacial score (nSPS) is 19.0. The molecule has 112 valence electrons. The van der Waals surface area contributed by atoms with Crippen LogP contribution in [0.3, 0.4) is 0 Å². The average molecular weight is 371 g/mol. The molecule has 1 atom stereocenters. The highest BCUT2D eigenvalue weighted by atomic mass is 79.9. The molecule has 1 fully saturated rings. The summed E-state index contributed by atoms with van der Waals surface area (Å²) in [5.74, 6) is 1.93. The lowest BCUT2D eigenvalue weighted by atomic mass is 9.99. The van der Waals surface area contributed by atoms with Crippen LogP contribution in [0.5, 0.6) is 0 Å². The molecule has 1 saturated heterocycles. The van der Waals surface area contributed by atoms with Crippen LogP contribution in [0.15, 0.2) is 22.7 Å². The van der Waals surface area contributed by atoms with Crippen LogP contribution in [0.1, 0.15) is 12.8 Å². The van der Waals surface area contributed by atoms with E-state index in [-0.39, 0.29) is 0 Å². The predicted molar refractivity (Wildman–Crippen MR) is 88.5 cm³/mol. The molecule has 5 nitrogen and oxygen atoms in total. The molecule has 2 heterocycles. The minimum atomic E-state index is 0.523. The number of benzene rings is 1. The molecule has 7 heteroatoms. The molecule has 3 N–H and O–H groups in total. The van der Waals surface area contributed by atoms with Crippen molar-refractivity contribution >= 4 is 33.5 Å². The lowest BCUT2D eigenvalue weighted by Gasteiger charge is -2.31. The number of nitrogens with one attached hydrogen (secondary N) is 1. The largest absolute Gasteiger partial charge is 0.339 e. The van der Waals surface area contributed by atoms with Gasteiger partial charge in [0.1, 0.15) is 0 Å². The van der Waals surface area contributed by atoms with Crippen LogP contribution in [0.25, 0.3) is 11.4 Å². The highest BCUT2D eigenvalue weighted by molar-refractivity contribution is 9.10. The summed E-state index contributed by atoms with van der Waals surface area (Å²) < 4.78 is 0.848.